The van der Waals surface area contributed by atoms with Crippen LogP contribution in [-0.4, -0.2) is 24.1 Å². The smallest absolute Gasteiger partial charge is 0.308 e. The van der Waals surface area contributed by atoms with Crippen LogP contribution < -0.4 is 5.32 Å². The molecule has 0 bridgehead atoms. The molecule has 0 unspecified atom stereocenters. The molecular formula is C14H19BrN2O2. The number of ether oxygens (including phenoxy) is 1. The van der Waals surface area contributed by atoms with Crippen molar-refractivity contribution in [3.63, 3.8) is 0 Å². The van der Waals surface area contributed by atoms with Gasteiger partial charge >= 0.3 is 5.97 Å². The predicted octanol–water partition coefficient (Wildman–Crippen LogP) is 3.30. The van der Waals surface area contributed by atoms with Crippen molar-refractivity contribution < 1.29 is 9.53 Å². The number of carbonyl (C=O) groups excluding carboxylic acids is 1. The molecule has 4 nitrogen and oxygen atoms in total. The summed E-state index contributed by atoms with van der Waals surface area (Å²) in [6.07, 6.45) is 5.57. The van der Waals surface area contributed by atoms with E-state index >= 15 is 0 Å². The molecule has 0 spiro atoms. The highest BCUT2D eigenvalue weighted by Crippen LogP contribution is 2.29. The molecule has 0 atom stereocenters. The SMILES string of the molecule is COC(=O)C1CCC(Nc2ncc(C)cc2Br)CC1. The lowest BCUT2D eigenvalue weighted by atomic mass is 9.86. The molecule has 0 aromatic carbocycles. The first-order valence-corrected chi connectivity index (χ1v) is 7.36. The van der Waals surface area contributed by atoms with Gasteiger partial charge < -0.3 is 10.1 Å². The lowest BCUT2D eigenvalue weighted by Gasteiger charge is -2.28. The van der Waals surface area contributed by atoms with Crippen LogP contribution >= 0.6 is 15.9 Å². The Morgan fingerprint density at radius 3 is 2.68 bits per heavy atom. The first kappa shape index (κ1) is 14.3. The van der Waals surface area contributed by atoms with Crippen molar-refractivity contribution in [3.8, 4) is 0 Å². The number of rotatable bonds is 3. The second-order valence-electron chi connectivity index (χ2n) is 5.06. The van der Waals surface area contributed by atoms with Gasteiger partial charge in [0.1, 0.15) is 5.82 Å². The molecule has 0 radical (unpaired) electrons. The molecule has 104 valence electrons. The topological polar surface area (TPSA) is 51.2 Å². The summed E-state index contributed by atoms with van der Waals surface area (Å²) in [5.74, 6) is 0.873. The molecule has 1 aromatic rings. The summed E-state index contributed by atoms with van der Waals surface area (Å²) in [6.45, 7) is 2.02. The number of methoxy groups -OCH3 is 1. The normalized spacial score (nSPS) is 22.9. The van der Waals surface area contributed by atoms with Gasteiger partial charge in [-0.15, -0.1) is 0 Å². The Kier molecular flexibility index (Phi) is 4.80. The van der Waals surface area contributed by atoms with Crippen molar-refractivity contribution in [1.82, 2.24) is 4.98 Å². The third-order valence-electron chi connectivity index (χ3n) is 3.58. The van der Waals surface area contributed by atoms with E-state index in [4.69, 9.17) is 4.74 Å². The number of hydrogen-bond acceptors (Lipinski definition) is 4. The summed E-state index contributed by atoms with van der Waals surface area (Å²) in [5, 5.41) is 3.44. The van der Waals surface area contributed by atoms with Crippen LogP contribution in [-0.2, 0) is 9.53 Å². The van der Waals surface area contributed by atoms with Gasteiger partial charge in [0.2, 0.25) is 0 Å². The summed E-state index contributed by atoms with van der Waals surface area (Å²) in [7, 11) is 1.46. The second-order valence-corrected chi connectivity index (χ2v) is 5.91. The van der Waals surface area contributed by atoms with E-state index in [1.807, 2.05) is 13.1 Å². The standard InChI is InChI=1S/C14H19BrN2O2/c1-9-7-12(15)13(16-8-9)17-11-5-3-10(4-6-11)14(18)19-2/h7-8,10-11H,3-6H2,1-2H3,(H,16,17). The minimum atomic E-state index is -0.0758. The fraction of sp³-hybridized carbons (Fsp3) is 0.571. The summed E-state index contributed by atoms with van der Waals surface area (Å²) in [6, 6.07) is 2.43. The minimum absolute atomic E-state index is 0.0671. The monoisotopic (exact) mass is 326 g/mol. The quantitative estimate of drug-likeness (QED) is 0.866. The van der Waals surface area contributed by atoms with E-state index < -0.39 is 0 Å². The number of carbonyl (C=O) groups is 1. The first-order chi connectivity index (χ1) is 9.10. The number of hydrogen-bond donors (Lipinski definition) is 1. The summed E-state index contributed by atoms with van der Waals surface area (Å²) < 4.78 is 5.78. The molecule has 1 aliphatic rings. The highest BCUT2D eigenvalue weighted by molar-refractivity contribution is 9.10. The zero-order valence-corrected chi connectivity index (χ0v) is 12.9. The first-order valence-electron chi connectivity index (χ1n) is 6.56. The van der Waals surface area contributed by atoms with Crippen LogP contribution in [0.1, 0.15) is 31.2 Å². The summed E-state index contributed by atoms with van der Waals surface area (Å²) in [4.78, 5) is 15.9. The van der Waals surface area contributed by atoms with Crippen LogP contribution in [0.4, 0.5) is 5.82 Å². The lowest BCUT2D eigenvalue weighted by molar-refractivity contribution is -0.146. The van der Waals surface area contributed by atoms with Crippen molar-refractivity contribution >= 4 is 27.7 Å². The van der Waals surface area contributed by atoms with Crippen molar-refractivity contribution in [2.75, 3.05) is 12.4 Å². The molecule has 0 amide bonds. The summed E-state index contributed by atoms with van der Waals surface area (Å²) in [5.41, 5.74) is 1.13. The Bertz CT molecular complexity index is 457. The second kappa shape index (κ2) is 6.37. The summed E-state index contributed by atoms with van der Waals surface area (Å²) >= 11 is 3.52. The van der Waals surface area contributed by atoms with Gasteiger partial charge in [-0.25, -0.2) is 4.98 Å². The van der Waals surface area contributed by atoms with Gasteiger partial charge in [0, 0.05) is 12.2 Å². The fourth-order valence-electron chi connectivity index (χ4n) is 2.47. The Morgan fingerprint density at radius 2 is 2.11 bits per heavy atom. The average molecular weight is 327 g/mol. The molecule has 1 fully saturated rings. The van der Waals surface area contributed by atoms with Crippen molar-refractivity contribution in [2.24, 2.45) is 5.92 Å². The zero-order chi connectivity index (χ0) is 13.8. The van der Waals surface area contributed by atoms with E-state index in [-0.39, 0.29) is 11.9 Å². The van der Waals surface area contributed by atoms with E-state index in [2.05, 4.69) is 32.3 Å². The molecule has 0 aliphatic heterocycles. The number of anilines is 1. The fourth-order valence-corrected chi connectivity index (χ4v) is 3.05. The van der Waals surface area contributed by atoms with Gasteiger partial charge in [-0.2, -0.15) is 0 Å². The van der Waals surface area contributed by atoms with Gasteiger partial charge in [-0.05, 0) is 60.2 Å². The number of nitrogens with one attached hydrogen (secondary N) is 1. The van der Waals surface area contributed by atoms with Crippen LogP contribution in [0.5, 0.6) is 0 Å². The highest BCUT2D eigenvalue weighted by Gasteiger charge is 2.27. The average Bonchev–Trinajstić information content (AvgIpc) is 2.42. The van der Waals surface area contributed by atoms with Crippen molar-refractivity contribution in [3.05, 3.63) is 22.3 Å². The van der Waals surface area contributed by atoms with Gasteiger partial charge in [0.15, 0.2) is 0 Å². The number of halogens is 1. The third-order valence-corrected chi connectivity index (χ3v) is 4.18. The largest absolute Gasteiger partial charge is 0.469 e. The maximum atomic E-state index is 11.5. The Hall–Kier alpha value is -1.10. The van der Waals surface area contributed by atoms with Crippen LogP contribution in [0.3, 0.4) is 0 Å². The van der Waals surface area contributed by atoms with Gasteiger partial charge in [0.05, 0.1) is 17.5 Å². The molecule has 1 heterocycles. The number of aryl methyl sites for hydroxylation is 1. The van der Waals surface area contributed by atoms with Gasteiger partial charge in [-0.1, -0.05) is 0 Å². The zero-order valence-electron chi connectivity index (χ0n) is 11.3. The van der Waals surface area contributed by atoms with Crippen LogP contribution in [0, 0.1) is 12.8 Å². The van der Waals surface area contributed by atoms with Crippen molar-refractivity contribution in [1.29, 1.82) is 0 Å². The van der Waals surface area contributed by atoms with Crippen molar-refractivity contribution in [2.45, 2.75) is 38.6 Å². The predicted molar refractivity (Wildman–Crippen MR) is 78.1 cm³/mol. The number of pyridine rings is 1. The maximum Gasteiger partial charge on any atom is 0.308 e. The number of aromatic nitrogens is 1. The van der Waals surface area contributed by atoms with Crippen LogP contribution in [0.25, 0.3) is 0 Å². The van der Waals surface area contributed by atoms with Crippen LogP contribution in [0.2, 0.25) is 0 Å². The number of nitrogens with zero attached hydrogens (tertiary/aromatic N) is 1. The Morgan fingerprint density at radius 1 is 1.42 bits per heavy atom. The van der Waals surface area contributed by atoms with Gasteiger partial charge in [-0.3, -0.25) is 4.79 Å². The van der Waals surface area contributed by atoms with E-state index in [0.717, 1.165) is 41.5 Å². The molecular weight excluding hydrogens is 308 g/mol. The molecule has 1 aromatic heterocycles. The lowest BCUT2D eigenvalue weighted by Crippen LogP contribution is -2.30. The van der Waals surface area contributed by atoms with E-state index in [9.17, 15) is 4.79 Å². The molecule has 0 saturated heterocycles. The molecule has 1 N–H and O–H groups in total. The van der Waals surface area contributed by atoms with E-state index in [0.29, 0.717) is 6.04 Å². The molecule has 1 aliphatic carbocycles. The molecule has 19 heavy (non-hydrogen) atoms. The molecule has 2 rings (SSSR count). The highest BCUT2D eigenvalue weighted by atomic mass is 79.9. The minimum Gasteiger partial charge on any atom is -0.469 e. The van der Waals surface area contributed by atoms with Gasteiger partial charge in [0.25, 0.3) is 0 Å². The molecule has 5 heteroatoms. The Balaban J connectivity index is 1.90. The maximum absolute atomic E-state index is 11.5. The number of esters is 1. The van der Waals surface area contributed by atoms with E-state index in [1.54, 1.807) is 0 Å². The third kappa shape index (κ3) is 3.69. The molecule has 1 saturated carbocycles. The van der Waals surface area contributed by atoms with Crippen LogP contribution in [0.15, 0.2) is 16.7 Å². The Labute approximate surface area is 122 Å². The van der Waals surface area contributed by atoms with E-state index in [1.165, 1.54) is 7.11 Å².